The van der Waals surface area contributed by atoms with Crippen molar-refractivity contribution < 1.29 is 0 Å². The summed E-state index contributed by atoms with van der Waals surface area (Å²) in [6.07, 6.45) is 1.81. The van der Waals surface area contributed by atoms with Crippen molar-refractivity contribution in [1.29, 1.82) is 0 Å². The van der Waals surface area contributed by atoms with Crippen LogP contribution in [0.2, 0.25) is 0 Å². The number of nitrogens with one attached hydrogen (secondary N) is 2. The number of pyridine rings is 1. The molecule has 4 nitrogen and oxygen atoms in total. The van der Waals surface area contributed by atoms with Gasteiger partial charge in [-0.3, -0.25) is 9.98 Å². The number of aromatic nitrogens is 1. The summed E-state index contributed by atoms with van der Waals surface area (Å²) in [5.41, 5.74) is 3.49. The van der Waals surface area contributed by atoms with Crippen LogP contribution in [0.1, 0.15) is 16.8 Å². The second kappa shape index (κ2) is 6.89. The van der Waals surface area contributed by atoms with Gasteiger partial charge in [-0.25, -0.2) is 0 Å². The largest absolute Gasteiger partial charge is 0.352 e. The minimum absolute atomic E-state index is 0.677. The topological polar surface area (TPSA) is 49.3 Å². The number of hydrogen-bond acceptors (Lipinski definition) is 3. The van der Waals surface area contributed by atoms with Crippen LogP contribution in [0.5, 0.6) is 0 Å². The summed E-state index contributed by atoms with van der Waals surface area (Å²) in [6, 6.07) is 6.11. The maximum atomic E-state index is 4.35. The molecule has 0 bridgehead atoms. The van der Waals surface area contributed by atoms with Gasteiger partial charge < -0.3 is 10.6 Å². The maximum Gasteiger partial charge on any atom is 0.191 e. The van der Waals surface area contributed by atoms with Gasteiger partial charge in [-0.2, -0.15) is 11.3 Å². The van der Waals surface area contributed by atoms with E-state index in [-0.39, 0.29) is 0 Å². The third-order valence-electron chi connectivity index (χ3n) is 2.80. The van der Waals surface area contributed by atoms with Gasteiger partial charge in [0.15, 0.2) is 5.96 Å². The predicted octanol–water partition coefficient (Wildman–Crippen LogP) is 2.32. The Kier molecular flexibility index (Phi) is 4.92. The van der Waals surface area contributed by atoms with Crippen molar-refractivity contribution in [2.75, 3.05) is 7.05 Å². The molecule has 2 rings (SSSR count). The van der Waals surface area contributed by atoms with Gasteiger partial charge in [-0.15, -0.1) is 0 Å². The highest BCUT2D eigenvalue weighted by Gasteiger charge is 2.01. The fourth-order valence-corrected chi connectivity index (χ4v) is 2.34. The SMILES string of the molecule is CN=C(NCc1ccsc1)NCc1ncccc1C. The summed E-state index contributed by atoms with van der Waals surface area (Å²) in [7, 11) is 1.77. The first-order valence-electron chi connectivity index (χ1n) is 6.15. The molecule has 0 aromatic carbocycles. The van der Waals surface area contributed by atoms with Crippen molar-refractivity contribution in [2.45, 2.75) is 20.0 Å². The van der Waals surface area contributed by atoms with Gasteiger partial charge in [0, 0.05) is 19.8 Å². The van der Waals surface area contributed by atoms with E-state index in [1.807, 2.05) is 12.3 Å². The van der Waals surface area contributed by atoms with Crippen molar-refractivity contribution in [3.63, 3.8) is 0 Å². The molecule has 0 radical (unpaired) electrons. The summed E-state index contributed by atoms with van der Waals surface area (Å²) in [5, 5.41) is 10.8. The van der Waals surface area contributed by atoms with Gasteiger partial charge in [-0.05, 0) is 40.9 Å². The molecule has 2 aromatic rings. The zero-order valence-corrected chi connectivity index (χ0v) is 12.0. The van der Waals surface area contributed by atoms with Crippen molar-refractivity contribution in [3.8, 4) is 0 Å². The Labute approximate surface area is 117 Å². The van der Waals surface area contributed by atoms with Gasteiger partial charge in [0.05, 0.1) is 12.2 Å². The van der Waals surface area contributed by atoms with Crippen LogP contribution >= 0.6 is 11.3 Å². The number of hydrogen-bond donors (Lipinski definition) is 2. The Morgan fingerprint density at radius 1 is 1.32 bits per heavy atom. The summed E-state index contributed by atoms with van der Waals surface area (Å²) >= 11 is 1.70. The van der Waals surface area contributed by atoms with Crippen molar-refractivity contribution in [2.24, 2.45) is 4.99 Å². The number of rotatable bonds is 4. The van der Waals surface area contributed by atoms with Crippen LogP contribution in [0.3, 0.4) is 0 Å². The summed E-state index contributed by atoms with van der Waals surface area (Å²) in [5.74, 6) is 0.788. The van der Waals surface area contributed by atoms with Crippen LogP contribution in [0.4, 0.5) is 0 Å². The van der Waals surface area contributed by atoms with E-state index in [2.05, 4.69) is 50.4 Å². The third kappa shape index (κ3) is 4.06. The molecule has 0 aliphatic rings. The molecule has 0 spiro atoms. The lowest BCUT2D eigenvalue weighted by molar-refractivity contribution is 0.791. The normalized spacial score (nSPS) is 11.4. The number of aryl methyl sites for hydroxylation is 1. The molecule has 5 heteroatoms. The average Bonchev–Trinajstić information content (AvgIpc) is 2.94. The van der Waals surface area contributed by atoms with Gasteiger partial charge in [-0.1, -0.05) is 6.07 Å². The van der Waals surface area contributed by atoms with Crippen LogP contribution in [0.15, 0.2) is 40.1 Å². The van der Waals surface area contributed by atoms with E-state index in [4.69, 9.17) is 0 Å². The van der Waals surface area contributed by atoms with Crippen LogP contribution < -0.4 is 10.6 Å². The molecule has 0 aliphatic heterocycles. The smallest absolute Gasteiger partial charge is 0.191 e. The molecule has 100 valence electrons. The van der Waals surface area contributed by atoms with E-state index < -0.39 is 0 Å². The molecule has 0 atom stereocenters. The quantitative estimate of drug-likeness (QED) is 0.664. The fraction of sp³-hybridized carbons (Fsp3) is 0.286. The molecule has 19 heavy (non-hydrogen) atoms. The standard InChI is InChI=1S/C14H18N4S/c1-11-4-3-6-16-13(11)9-18-14(15-2)17-8-12-5-7-19-10-12/h3-7,10H,8-9H2,1-2H3,(H2,15,17,18). The lowest BCUT2D eigenvalue weighted by Gasteiger charge is -2.12. The Balaban J connectivity index is 1.85. The molecular weight excluding hydrogens is 256 g/mol. The Morgan fingerprint density at radius 3 is 2.84 bits per heavy atom. The monoisotopic (exact) mass is 274 g/mol. The van der Waals surface area contributed by atoms with Crippen LogP contribution in [-0.4, -0.2) is 18.0 Å². The van der Waals surface area contributed by atoms with E-state index in [1.165, 1.54) is 11.1 Å². The number of aliphatic imine (C=N–C) groups is 1. The molecule has 0 fully saturated rings. The second-order valence-corrected chi connectivity index (χ2v) is 4.96. The van der Waals surface area contributed by atoms with Crippen molar-refractivity contribution >= 4 is 17.3 Å². The van der Waals surface area contributed by atoms with Gasteiger partial charge in [0.2, 0.25) is 0 Å². The van der Waals surface area contributed by atoms with Gasteiger partial charge >= 0.3 is 0 Å². The number of nitrogens with zero attached hydrogens (tertiary/aromatic N) is 2. The van der Waals surface area contributed by atoms with E-state index in [9.17, 15) is 0 Å². The Bertz CT molecular complexity index is 534. The molecule has 0 unspecified atom stereocenters. The lowest BCUT2D eigenvalue weighted by atomic mass is 10.2. The first-order valence-corrected chi connectivity index (χ1v) is 7.10. The van der Waals surface area contributed by atoms with Gasteiger partial charge in [0.25, 0.3) is 0 Å². The van der Waals surface area contributed by atoms with E-state index in [0.29, 0.717) is 6.54 Å². The van der Waals surface area contributed by atoms with E-state index >= 15 is 0 Å². The highest BCUT2D eigenvalue weighted by molar-refractivity contribution is 7.07. The minimum atomic E-state index is 0.677. The molecule has 0 aliphatic carbocycles. The zero-order chi connectivity index (χ0) is 13.5. The number of guanidine groups is 1. The number of thiophene rings is 1. The van der Waals surface area contributed by atoms with Crippen LogP contribution in [-0.2, 0) is 13.1 Å². The van der Waals surface area contributed by atoms with Crippen molar-refractivity contribution in [1.82, 2.24) is 15.6 Å². The third-order valence-corrected chi connectivity index (χ3v) is 3.54. The summed E-state index contributed by atoms with van der Waals surface area (Å²) < 4.78 is 0. The first kappa shape index (κ1) is 13.5. The molecule has 2 heterocycles. The van der Waals surface area contributed by atoms with Gasteiger partial charge in [0.1, 0.15) is 0 Å². The van der Waals surface area contributed by atoms with E-state index in [0.717, 1.165) is 18.2 Å². The Morgan fingerprint density at radius 2 is 2.16 bits per heavy atom. The van der Waals surface area contributed by atoms with Crippen LogP contribution in [0, 0.1) is 6.92 Å². The second-order valence-electron chi connectivity index (χ2n) is 4.18. The Hall–Kier alpha value is -1.88. The van der Waals surface area contributed by atoms with Crippen LogP contribution in [0.25, 0.3) is 0 Å². The molecular formula is C14H18N4S. The van der Waals surface area contributed by atoms with E-state index in [1.54, 1.807) is 18.4 Å². The predicted molar refractivity (Wildman–Crippen MR) is 80.3 cm³/mol. The molecule has 2 N–H and O–H groups in total. The highest BCUT2D eigenvalue weighted by atomic mass is 32.1. The molecule has 0 saturated carbocycles. The first-order chi connectivity index (χ1) is 9.29. The summed E-state index contributed by atoms with van der Waals surface area (Å²) in [6.45, 7) is 3.52. The van der Waals surface area contributed by atoms with Crippen molar-refractivity contribution in [3.05, 3.63) is 52.0 Å². The average molecular weight is 274 g/mol. The molecule has 0 amide bonds. The molecule has 2 aromatic heterocycles. The highest BCUT2D eigenvalue weighted by Crippen LogP contribution is 2.05. The fourth-order valence-electron chi connectivity index (χ4n) is 1.67. The summed E-state index contributed by atoms with van der Waals surface area (Å²) in [4.78, 5) is 8.55. The zero-order valence-electron chi connectivity index (χ0n) is 11.2. The lowest BCUT2D eigenvalue weighted by Crippen LogP contribution is -2.36. The maximum absolute atomic E-state index is 4.35. The molecule has 0 saturated heterocycles. The minimum Gasteiger partial charge on any atom is -0.352 e.